The van der Waals surface area contributed by atoms with Gasteiger partial charge in [-0.25, -0.2) is 4.98 Å². The van der Waals surface area contributed by atoms with E-state index in [1.165, 1.54) is 0 Å². The molecule has 1 aliphatic heterocycles. The lowest BCUT2D eigenvalue weighted by Crippen LogP contribution is -2.54. The second-order valence-electron chi connectivity index (χ2n) is 4.44. The van der Waals surface area contributed by atoms with Crippen LogP contribution in [0.5, 0.6) is 0 Å². The van der Waals surface area contributed by atoms with Crippen LogP contribution in [0.2, 0.25) is 0 Å². The number of nitrogens with two attached hydrogens (primary N) is 1. The van der Waals surface area contributed by atoms with Crippen molar-refractivity contribution in [3.63, 3.8) is 0 Å². The molecule has 0 atom stereocenters. The number of aromatic nitrogens is 1. The number of rotatable bonds is 3. The molecule has 1 saturated heterocycles. The Bertz CT molecular complexity index is 488. The van der Waals surface area contributed by atoms with Gasteiger partial charge in [0.15, 0.2) is 5.76 Å². The summed E-state index contributed by atoms with van der Waals surface area (Å²) in [6, 6.07) is 10.3. The van der Waals surface area contributed by atoms with Gasteiger partial charge in [0.25, 0.3) is 0 Å². The summed E-state index contributed by atoms with van der Waals surface area (Å²) in [7, 11) is 0. The smallest absolute Gasteiger partial charge is 0.209 e. The van der Waals surface area contributed by atoms with Gasteiger partial charge < -0.3 is 10.2 Å². The monoisotopic (exact) mass is 229 g/mol. The third-order valence-corrected chi connectivity index (χ3v) is 2.96. The van der Waals surface area contributed by atoms with Crippen LogP contribution in [0.3, 0.4) is 0 Å². The van der Waals surface area contributed by atoms with Crippen LogP contribution in [0.1, 0.15) is 5.89 Å². The molecule has 2 heterocycles. The van der Waals surface area contributed by atoms with Crippen LogP contribution in [0.25, 0.3) is 11.3 Å². The lowest BCUT2D eigenvalue weighted by molar-refractivity contribution is 0.129. The van der Waals surface area contributed by atoms with Gasteiger partial charge in [-0.1, -0.05) is 30.3 Å². The Morgan fingerprint density at radius 3 is 2.76 bits per heavy atom. The Balaban J connectivity index is 1.70. The highest BCUT2D eigenvalue weighted by Crippen LogP contribution is 2.21. The number of hydrogen-bond donors (Lipinski definition) is 1. The summed E-state index contributed by atoms with van der Waals surface area (Å²) < 4.78 is 5.72. The first-order valence-corrected chi connectivity index (χ1v) is 5.79. The Kier molecular flexibility index (Phi) is 2.66. The molecule has 1 fully saturated rings. The lowest BCUT2D eigenvalue weighted by atomic mass is 10.1. The SMILES string of the molecule is NC1CN(Cc2ncc(-c3ccccc3)o2)C1. The zero-order chi connectivity index (χ0) is 11.7. The molecule has 4 nitrogen and oxygen atoms in total. The summed E-state index contributed by atoms with van der Waals surface area (Å²) in [6.45, 7) is 2.62. The maximum absolute atomic E-state index is 5.73. The van der Waals surface area contributed by atoms with Crippen LogP contribution in [0.15, 0.2) is 40.9 Å². The highest BCUT2D eigenvalue weighted by molar-refractivity contribution is 5.55. The van der Waals surface area contributed by atoms with Gasteiger partial charge in [-0.15, -0.1) is 0 Å². The molecule has 88 valence electrons. The molecule has 0 radical (unpaired) electrons. The highest BCUT2D eigenvalue weighted by Gasteiger charge is 2.24. The topological polar surface area (TPSA) is 55.3 Å². The molecule has 2 aromatic rings. The zero-order valence-electron chi connectivity index (χ0n) is 9.54. The first-order valence-electron chi connectivity index (χ1n) is 5.79. The summed E-state index contributed by atoms with van der Waals surface area (Å²) in [5, 5.41) is 0. The van der Waals surface area contributed by atoms with Crippen molar-refractivity contribution in [3.05, 3.63) is 42.4 Å². The van der Waals surface area contributed by atoms with Crippen molar-refractivity contribution in [2.24, 2.45) is 5.73 Å². The van der Waals surface area contributed by atoms with Crippen LogP contribution in [-0.2, 0) is 6.54 Å². The van der Waals surface area contributed by atoms with Gasteiger partial charge in [-0.2, -0.15) is 0 Å². The van der Waals surface area contributed by atoms with Crippen LogP contribution in [0.4, 0.5) is 0 Å². The molecule has 0 spiro atoms. The van der Waals surface area contributed by atoms with E-state index in [2.05, 4.69) is 9.88 Å². The van der Waals surface area contributed by atoms with E-state index >= 15 is 0 Å². The molecule has 2 N–H and O–H groups in total. The first kappa shape index (κ1) is 10.5. The van der Waals surface area contributed by atoms with Gasteiger partial charge in [-0.05, 0) is 0 Å². The highest BCUT2D eigenvalue weighted by atomic mass is 16.4. The van der Waals surface area contributed by atoms with Gasteiger partial charge in [0.2, 0.25) is 5.89 Å². The van der Waals surface area contributed by atoms with Crippen LogP contribution in [0, 0.1) is 0 Å². The fraction of sp³-hybridized carbons (Fsp3) is 0.308. The number of likely N-dealkylation sites (tertiary alicyclic amines) is 1. The van der Waals surface area contributed by atoms with Crippen molar-refractivity contribution in [3.8, 4) is 11.3 Å². The lowest BCUT2D eigenvalue weighted by Gasteiger charge is -2.35. The largest absolute Gasteiger partial charge is 0.439 e. The van der Waals surface area contributed by atoms with Crippen molar-refractivity contribution >= 4 is 0 Å². The third-order valence-electron chi connectivity index (χ3n) is 2.96. The summed E-state index contributed by atoms with van der Waals surface area (Å²) >= 11 is 0. The van der Waals surface area contributed by atoms with Crippen molar-refractivity contribution < 1.29 is 4.42 Å². The first-order chi connectivity index (χ1) is 8.31. The molecule has 1 aromatic carbocycles. The van der Waals surface area contributed by atoms with E-state index in [4.69, 9.17) is 10.2 Å². The molecular weight excluding hydrogens is 214 g/mol. The zero-order valence-corrected chi connectivity index (χ0v) is 9.54. The van der Waals surface area contributed by atoms with E-state index in [1.54, 1.807) is 6.20 Å². The Hall–Kier alpha value is -1.65. The standard InChI is InChI=1S/C13H15N3O/c14-11-7-16(8-11)9-13-15-6-12(17-13)10-4-2-1-3-5-10/h1-6,11H,7-9,14H2. The third kappa shape index (κ3) is 2.23. The average Bonchev–Trinajstić information content (AvgIpc) is 2.77. The second kappa shape index (κ2) is 4.31. The van der Waals surface area contributed by atoms with Crippen LogP contribution < -0.4 is 5.73 Å². The van der Waals surface area contributed by atoms with Gasteiger partial charge in [0, 0.05) is 24.7 Å². The molecule has 0 saturated carbocycles. The van der Waals surface area contributed by atoms with E-state index in [9.17, 15) is 0 Å². The minimum Gasteiger partial charge on any atom is -0.439 e. The Morgan fingerprint density at radius 2 is 2.06 bits per heavy atom. The molecule has 0 amide bonds. The average molecular weight is 229 g/mol. The number of hydrogen-bond acceptors (Lipinski definition) is 4. The normalized spacial score (nSPS) is 17.0. The number of nitrogens with zero attached hydrogens (tertiary/aromatic N) is 2. The summed E-state index contributed by atoms with van der Waals surface area (Å²) in [5.41, 5.74) is 6.79. The molecular formula is C13H15N3O. The fourth-order valence-corrected chi connectivity index (χ4v) is 2.05. The molecule has 4 heteroatoms. The van der Waals surface area contributed by atoms with Gasteiger partial charge in [0.05, 0.1) is 12.7 Å². The van der Waals surface area contributed by atoms with E-state index in [0.29, 0.717) is 6.04 Å². The minimum atomic E-state index is 0.318. The van der Waals surface area contributed by atoms with E-state index in [-0.39, 0.29) is 0 Å². The van der Waals surface area contributed by atoms with Gasteiger partial charge in [0.1, 0.15) is 0 Å². The van der Waals surface area contributed by atoms with Crippen molar-refractivity contribution in [2.45, 2.75) is 12.6 Å². The maximum atomic E-state index is 5.73. The second-order valence-corrected chi connectivity index (χ2v) is 4.44. The van der Waals surface area contributed by atoms with Crippen LogP contribution in [-0.4, -0.2) is 29.0 Å². The molecule has 1 aliphatic rings. The van der Waals surface area contributed by atoms with Crippen molar-refractivity contribution in [1.29, 1.82) is 0 Å². The number of benzene rings is 1. The minimum absolute atomic E-state index is 0.318. The van der Waals surface area contributed by atoms with E-state index in [0.717, 1.165) is 36.8 Å². The molecule has 3 rings (SSSR count). The number of oxazole rings is 1. The van der Waals surface area contributed by atoms with E-state index in [1.807, 2.05) is 30.3 Å². The summed E-state index contributed by atoms with van der Waals surface area (Å²) in [4.78, 5) is 6.52. The predicted molar refractivity (Wildman–Crippen MR) is 65.2 cm³/mol. The Morgan fingerprint density at radius 1 is 1.29 bits per heavy atom. The molecule has 0 unspecified atom stereocenters. The fourth-order valence-electron chi connectivity index (χ4n) is 2.05. The molecule has 0 aliphatic carbocycles. The summed E-state index contributed by atoms with van der Waals surface area (Å²) in [6.07, 6.45) is 1.78. The van der Waals surface area contributed by atoms with Gasteiger partial charge in [-0.3, -0.25) is 4.90 Å². The molecule has 17 heavy (non-hydrogen) atoms. The maximum Gasteiger partial charge on any atom is 0.209 e. The molecule has 0 bridgehead atoms. The van der Waals surface area contributed by atoms with Crippen LogP contribution >= 0.6 is 0 Å². The quantitative estimate of drug-likeness (QED) is 0.866. The summed E-state index contributed by atoms with van der Waals surface area (Å²) in [5.74, 6) is 1.58. The van der Waals surface area contributed by atoms with Gasteiger partial charge >= 0.3 is 0 Å². The van der Waals surface area contributed by atoms with Crippen molar-refractivity contribution in [2.75, 3.05) is 13.1 Å². The Labute approximate surface area is 100 Å². The van der Waals surface area contributed by atoms with E-state index < -0.39 is 0 Å². The predicted octanol–water partition coefficient (Wildman–Crippen LogP) is 1.48. The van der Waals surface area contributed by atoms with Crippen molar-refractivity contribution in [1.82, 2.24) is 9.88 Å². The molecule has 1 aromatic heterocycles.